The molecule has 13 heteroatoms. The van der Waals surface area contributed by atoms with E-state index in [1.807, 2.05) is 0 Å². The van der Waals surface area contributed by atoms with Crippen LogP contribution < -0.4 is 11.4 Å². The third kappa shape index (κ3) is 3.03. The maximum atomic E-state index is 14.9. The summed E-state index contributed by atoms with van der Waals surface area (Å²) in [5.41, 5.74) is 4.04. The first-order valence-corrected chi connectivity index (χ1v) is 7.37. The predicted octanol–water partition coefficient (Wildman–Crippen LogP) is -2.36. The van der Waals surface area contributed by atoms with Crippen molar-refractivity contribution in [2.24, 2.45) is 0 Å². The molecular formula is C9H13FN3O8P. The highest BCUT2D eigenvalue weighted by atomic mass is 31.2. The lowest BCUT2D eigenvalue weighted by atomic mass is 10.1. The van der Waals surface area contributed by atoms with E-state index < -0.39 is 44.4 Å². The van der Waals surface area contributed by atoms with E-state index >= 15 is 0 Å². The standard InChI is InChI=1S/C9H13FN3O8P/c10-9(13-2-1-5(11)12-8(13)16)7(15)6(4(3-14)20-9)21-22(17,18)19/h1-2,4,6-7,14-15H,3H2,(H2,11,12,16)(H2,17,18,19)/t4-,6-,7-,9+/m1/s1. The van der Waals surface area contributed by atoms with Crippen molar-refractivity contribution in [2.75, 3.05) is 12.3 Å². The molecule has 0 aliphatic carbocycles. The molecule has 0 aromatic carbocycles. The Morgan fingerprint density at radius 2 is 2.23 bits per heavy atom. The average molecular weight is 341 g/mol. The van der Waals surface area contributed by atoms with E-state index in [2.05, 4.69) is 9.51 Å². The van der Waals surface area contributed by atoms with Gasteiger partial charge >= 0.3 is 19.5 Å². The van der Waals surface area contributed by atoms with E-state index in [9.17, 15) is 18.9 Å². The second kappa shape index (κ2) is 5.66. The minimum Gasteiger partial charge on any atom is -0.394 e. The highest BCUT2D eigenvalue weighted by Gasteiger charge is 2.59. The summed E-state index contributed by atoms with van der Waals surface area (Å²) in [5.74, 6) is -3.45. The number of phosphoric ester groups is 1. The quantitative estimate of drug-likeness (QED) is 0.372. The molecule has 11 nitrogen and oxygen atoms in total. The van der Waals surface area contributed by atoms with Gasteiger partial charge in [-0.3, -0.25) is 4.52 Å². The van der Waals surface area contributed by atoms with Crippen LogP contribution in [0.3, 0.4) is 0 Å². The molecule has 4 atom stereocenters. The summed E-state index contributed by atoms with van der Waals surface area (Å²) >= 11 is 0. The number of nitrogen functional groups attached to an aromatic ring is 1. The molecule has 1 aromatic heterocycles. The zero-order valence-corrected chi connectivity index (χ0v) is 11.7. The number of alkyl halides is 1. The van der Waals surface area contributed by atoms with Crippen molar-refractivity contribution in [1.29, 1.82) is 0 Å². The molecule has 0 spiro atoms. The Balaban J connectivity index is 2.43. The van der Waals surface area contributed by atoms with Gasteiger partial charge in [0.15, 0.2) is 6.10 Å². The number of ether oxygens (including phenoxy) is 1. The van der Waals surface area contributed by atoms with Crippen LogP contribution in [0.25, 0.3) is 0 Å². The zero-order chi connectivity index (χ0) is 16.7. The Morgan fingerprint density at radius 1 is 1.59 bits per heavy atom. The van der Waals surface area contributed by atoms with E-state index in [1.165, 1.54) is 0 Å². The van der Waals surface area contributed by atoms with Gasteiger partial charge in [0.1, 0.15) is 18.0 Å². The normalized spacial score (nSPS) is 32.3. The lowest BCUT2D eigenvalue weighted by molar-refractivity contribution is -0.239. The van der Waals surface area contributed by atoms with Crippen LogP contribution in [0.5, 0.6) is 0 Å². The first-order valence-electron chi connectivity index (χ1n) is 5.84. The number of hydrogen-bond acceptors (Lipinski definition) is 8. The molecule has 0 bridgehead atoms. The summed E-state index contributed by atoms with van der Waals surface area (Å²) in [6.45, 7) is -0.926. The van der Waals surface area contributed by atoms with Gasteiger partial charge in [-0.05, 0) is 6.07 Å². The summed E-state index contributed by atoms with van der Waals surface area (Å²) in [6.07, 6.45) is -5.03. The van der Waals surface area contributed by atoms with Crippen molar-refractivity contribution in [3.63, 3.8) is 0 Å². The number of nitrogens with zero attached hydrogens (tertiary/aromatic N) is 2. The smallest absolute Gasteiger partial charge is 0.394 e. The Bertz CT molecular complexity index is 665. The summed E-state index contributed by atoms with van der Waals surface area (Å²) in [5, 5.41) is 19.0. The minimum absolute atomic E-state index is 0.209. The van der Waals surface area contributed by atoms with Gasteiger partial charge in [0.25, 0.3) is 0 Å². The van der Waals surface area contributed by atoms with Crippen molar-refractivity contribution in [2.45, 2.75) is 24.3 Å². The monoisotopic (exact) mass is 341 g/mol. The number of rotatable bonds is 4. The van der Waals surface area contributed by atoms with Gasteiger partial charge in [-0.1, -0.05) is 0 Å². The molecule has 0 saturated carbocycles. The van der Waals surface area contributed by atoms with Crippen molar-refractivity contribution in [1.82, 2.24) is 9.55 Å². The van der Waals surface area contributed by atoms with E-state index in [-0.39, 0.29) is 10.4 Å². The number of hydrogen-bond donors (Lipinski definition) is 5. The van der Waals surface area contributed by atoms with Crippen LogP contribution >= 0.6 is 7.82 Å². The van der Waals surface area contributed by atoms with Gasteiger partial charge in [0.05, 0.1) is 6.61 Å². The fourth-order valence-corrected chi connectivity index (χ4v) is 2.60. The van der Waals surface area contributed by atoms with Crippen LogP contribution in [0.15, 0.2) is 17.1 Å². The van der Waals surface area contributed by atoms with Crippen molar-refractivity contribution in [3.8, 4) is 0 Å². The molecular weight excluding hydrogens is 328 g/mol. The molecule has 2 rings (SSSR count). The molecule has 0 unspecified atom stereocenters. The molecule has 0 amide bonds. The highest BCUT2D eigenvalue weighted by molar-refractivity contribution is 7.46. The van der Waals surface area contributed by atoms with E-state index in [0.717, 1.165) is 12.3 Å². The number of aliphatic hydroxyl groups excluding tert-OH is 2. The molecule has 1 aromatic rings. The number of nitrogens with two attached hydrogens (primary N) is 1. The summed E-state index contributed by atoms with van der Waals surface area (Å²) < 4.78 is 34.9. The molecule has 1 saturated heterocycles. The second-order valence-electron chi connectivity index (χ2n) is 4.46. The molecule has 6 N–H and O–H groups in total. The number of aromatic nitrogens is 2. The maximum Gasteiger partial charge on any atom is 0.470 e. The maximum absolute atomic E-state index is 14.9. The highest BCUT2D eigenvalue weighted by Crippen LogP contribution is 2.45. The van der Waals surface area contributed by atoms with E-state index in [0.29, 0.717) is 0 Å². The minimum atomic E-state index is -5.11. The van der Waals surface area contributed by atoms with Crippen LogP contribution in [0, 0.1) is 0 Å². The van der Waals surface area contributed by atoms with Gasteiger partial charge in [0, 0.05) is 6.20 Å². The summed E-state index contributed by atoms with van der Waals surface area (Å²) in [4.78, 5) is 32.4. The van der Waals surface area contributed by atoms with Gasteiger partial charge in [-0.2, -0.15) is 9.37 Å². The molecule has 1 aliphatic rings. The Hall–Kier alpha value is -1.40. The van der Waals surface area contributed by atoms with Crippen LogP contribution in [-0.4, -0.2) is 54.5 Å². The van der Waals surface area contributed by atoms with Crippen molar-refractivity contribution < 1.29 is 38.2 Å². The third-order valence-corrected chi connectivity index (χ3v) is 3.47. The van der Waals surface area contributed by atoms with Crippen LogP contribution in [0.4, 0.5) is 10.2 Å². The number of halogens is 1. The van der Waals surface area contributed by atoms with Crippen LogP contribution in [-0.2, 0) is 19.8 Å². The summed E-state index contributed by atoms with van der Waals surface area (Å²) in [7, 11) is -5.11. The number of phosphoric acid groups is 1. The molecule has 124 valence electrons. The van der Waals surface area contributed by atoms with Gasteiger partial charge in [0.2, 0.25) is 0 Å². The Morgan fingerprint density at radius 3 is 2.73 bits per heavy atom. The van der Waals surface area contributed by atoms with Gasteiger partial charge in [-0.25, -0.2) is 13.9 Å². The first kappa shape index (κ1) is 17.0. The third-order valence-electron chi connectivity index (χ3n) is 2.95. The Kier molecular flexibility index (Phi) is 4.37. The van der Waals surface area contributed by atoms with Gasteiger partial charge < -0.3 is 30.5 Å². The fourth-order valence-electron chi connectivity index (χ4n) is 2.03. The van der Waals surface area contributed by atoms with Gasteiger partial charge in [-0.15, -0.1) is 0 Å². The average Bonchev–Trinajstić information content (AvgIpc) is 2.62. The second-order valence-corrected chi connectivity index (χ2v) is 5.65. The molecule has 1 aliphatic heterocycles. The fraction of sp³-hybridized carbons (Fsp3) is 0.556. The Labute approximate surface area is 122 Å². The zero-order valence-electron chi connectivity index (χ0n) is 10.8. The predicted molar refractivity (Wildman–Crippen MR) is 66.9 cm³/mol. The topological polar surface area (TPSA) is 177 Å². The number of anilines is 1. The van der Waals surface area contributed by atoms with Crippen molar-refractivity contribution >= 4 is 13.6 Å². The number of aliphatic hydroxyl groups is 2. The van der Waals surface area contributed by atoms with Crippen LogP contribution in [0.2, 0.25) is 0 Å². The van der Waals surface area contributed by atoms with E-state index in [4.69, 9.17) is 25.4 Å². The first-order chi connectivity index (χ1) is 10.1. The molecule has 1 fully saturated rings. The SMILES string of the molecule is Nc1ccn([C@]2(F)O[C@H](CO)[C@@H](OP(=O)(O)O)[C@H]2O)c(=O)n1. The lowest BCUT2D eigenvalue weighted by Crippen LogP contribution is -2.47. The summed E-state index contributed by atoms with van der Waals surface area (Å²) in [6, 6.07) is 1.05. The van der Waals surface area contributed by atoms with Crippen molar-refractivity contribution in [3.05, 3.63) is 22.7 Å². The largest absolute Gasteiger partial charge is 0.470 e. The molecule has 22 heavy (non-hydrogen) atoms. The van der Waals surface area contributed by atoms with E-state index in [1.54, 1.807) is 0 Å². The lowest BCUT2D eigenvalue weighted by Gasteiger charge is -2.25. The molecule has 2 heterocycles. The molecule has 0 radical (unpaired) electrons. The van der Waals surface area contributed by atoms with Crippen LogP contribution in [0.1, 0.15) is 0 Å².